The molecule has 0 radical (unpaired) electrons. The molecular weight excluding hydrogens is 432 g/mol. The number of hydrogen-bond donors (Lipinski definition) is 1. The Morgan fingerprint density at radius 1 is 0.871 bits per heavy atom. The first kappa shape index (κ1) is 22.8. The average molecular weight is 457 g/mol. The van der Waals surface area contributed by atoms with Crippen LogP contribution in [-0.2, 0) is 14.8 Å². The molecule has 0 atom stereocenters. The number of rotatable bonds is 6. The largest absolute Gasteiger partial charge is 0.324 e. The maximum absolute atomic E-state index is 13.5. The zero-order valence-corrected chi connectivity index (χ0v) is 19.5. The second kappa shape index (κ2) is 9.12. The summed E-state index contributed by atoms with van der Waals surface area (Å²) in [6, 6.07) is 17.1. The Morgan fingerprint density at radius 3 is 2.13 bits per heavy atom. The third-order valence-corrected chi connectivity index (χ3v) is 6.99. The number of benzene rings is 3. The zero-order chi connectivity index (χ0) is 22.8. The van der Waals surface area contributed by atoms with Gasteiger partial charge >= 0.3 is 0 Å². The van der Waals surface area contributed by atoms with Crippen LogP contribution >= 0.6 is 11.6 Å². The molecular formula is C24H25ClN2O3S. The third kappa shape index (κ3) is 5.27. The van der Waals surface area contributed by atoms with E-state index in [1.54, 1.807) is 49.4 Å². The predicted octanol–water partition coefficient (Wildman–Crippen LogP) is 5.41. The molecule has 5 nitrogen and oxygen atoms in total. The van der Waals surface area contributed by atoms with Gasteiger partial charge in [0, 0.05) is 10.7 Å². The van der Waals surface area contributed by atoms with Gasteiger partial charge in [0.15, 0.2) is 0 Å². The standard InChI is InChI=1S/C24H25ClN2O3S/c1-16-5-9-21(10-6-16)31(29,30)27(23-12-8-20(25)14-19(23)4)15-24(28)26-22-11-7-17(2)13-18(22)3/h5-14H,15H2,1-4H3,(H,26,28). The maximum Gasteiger partial charge on any atom is 0.264 e. The summed E-state index contributed by atoms with van der Waals surface area (Å²) in [5.74, 6) is -0.433. The fraction of sp³-hybridized carbons (Fsp3) is 0.208. The number of aryl methyl sites for hydroxylation is 4. The molecule has 0 bridgehead atoms. The highest BCUT2D eigenvalue weighted by Crippen LogP contribution is 2.29. The Balaban J connectivity index is 1.99. The molecule has 0 aliphatic heterocycles. The number of carbonyl (C=O) groups is 1. The van der Waals surface area contributed by atoms with Gasteiger partial charge in [-0.1, -0.05) is 47.0 Å². The Labute approximate surface area is 188 Å². The summed E-state index contributed by atoms with van der Waals surface area (Å²) >= 11 is 6.07. The molecule has 0 aliphatic carbocycles. The molecule has 3 aromatic rings. The summed E-state index contributed by atoms with van der Waals surface area (Å²) in [7, 11) is -3.98. The SMILES string of the molecule is Cc1ccc(S(=O)(=O)N(CC(=O)Nc2ccc(C)cc2C)c2ccc(Cl)cc2C)cc1. The third-order valence-electron chi connectivity index (χ3n) is 4.98. The van der Waals surface area contributed by atoms with Gasteiger partial charge in [0.25, 0.3) is 10.0 Å². The van der Waals surface area contributed by atoms with Crippen LogP contribution < -0.4 is 9.62 Å². The van der Waals surface area contributed by atoms with Crippen LogP contribution in [0, 0.1) is 27.7 Å². The number of sulfonamides is 1. The highest BCUT2D eigenvalue weighted by molar-refractivity contribution is 7.92. The van der Waals surface area contributed by atoms with Crippen molar-refractivity contribution in [3.63, 3.8) is 0 Å². The van der Waals surface area contributed by atoms with Crippen molar-refractivity contribution in [3.8, 4) is 0 Å². The number of carbonyl (C=O) groups excluding carboxylic acids is 1. The summed E-state index contributed by atoms with van der Waals surface area (Å²) < 4.78 is 28.1. The lowest BCUT2D eigenvalue weighted by Gasteiger charge is -2.26. The van der Waals surface area contributed by atoms with Crippen LogP contribution in [0.5, 0.6) is 0 Å². The second-order valence-corrected chi connectivity index (χ2v) is 9.92. The van der Waals surface area contributed by atoms with Gasteiger partial charge in [0.1, 0.15) is 6.54 Å². The van der Waals surface area contributed by atoms with Crippen LogP contribution in [0.15, 0.2) is 65.6 Å². The lowest BCUT2D eigenvalue weighted by Crippen LogP contribution is -2.38. The lowest BCUT2D eigenvalue weighted by atomic mass is 10.1. The number of anilines is 2. The molecule has 3 rings (SSSR count). The van der Waals surface area contributed by atoms with E-state index >= 15 is 0 Å². The van der Waals surface area contributed by atoms with Crippen molar-refractivity contribution < 1.29 is 13.2 Å². The molecule has 0 spiro atoms. The summed E-state index contributed by atoms with van der Waals surface area (Å²) in [4.78, 5) is 13.0. The van der Waals surface area contributed by atoms with Crippen LogP contribution in [-0.4, -0.2) is 20.9 Å². The van der Waals surface area contributed by atoms with Crippen molar-refractivity contribution in [2.45, 2.75) is 32.6 Å². The molecule has 0 fully saturated rings. The molecule has 162 valence electrons. The Bertz CT molecular complexity index is 1220. The maximum atomic E-state index is 13.5. The van der Waals surface area contributed by atoms with Gasteiger partial charge in [-0.25, -0.2) is 8.42 Å². The van der Waals surface area contributed by atoms with Crippen molar-refractivity contribution in [2.75, 3.05) is 16.2 Å². The van der Waals surface area contributed by atoms with Crippen molar-refractivity contribution >= 4 is 38.9 Å². The van der Waals surface area contributed by atoms with Gasteiger partial charge in [-0.3, -0.25) is 9.10 Å². The number of halogens is 1. The molecule has 31 heavy (non-hydrogen) atoms. The molecule has 1 amide bonds. The van der Waals surface area contributed by atoms with Gasteiger partial charge in [-0.15, -0.1) is 0 Å². The van der Waals surface area contributed by atoms with E-state index in [9.17, 15) is 13.2 Å². The first-order valence-corrected chi connectivity index (χ1v) is 11.6. The smallest absolute Gasteiger partial charge is 0.264 e. The van der Waals surface area contributed by atoms with E-state index in [0.29, 0.717) is 22.0 Å². The van der Waals surface area contributed by atoms with Crippen molar-refractivity contribution in [1.29, 1.82) is 0 Å². The first-order chi connectivity index (χ1) is 14.6. The van der Waals surface area contributed by atoms with Crippen LogP contribution in [0.1, 0.15) is 22.3 Å². The van der Waals surface area contributed by atoms with Gasteiger partial charge in [-0.05, 0) is 75.2 Å². The van der Waals surface area contributed by atoms with Crippen LogP contribution in [0.3, 0.4) is 0 Å². The van der Waals surface area contributed by atoms with E-state index in [4.69, 9.17) is 11.6 Å². The molecule has 7 heteroatoms. The second-order valence-electron chi connectivity index (χ2n) is 7.62. The highest BCUT2D eigenvalue weighted by atomic mass is 35.5. The van der Waals surface area contributed by atoms with E-state index in [-0.39, 0.29) is 11.4 Å². The topological polar surface area (TPSA) is 66.5 Å². The number of nitrogens with zero attached hydrogens (tertiary/aromatic N) is 1. The number of hydrogen-bond acceptors (Lipinski definition) is 3. The summed E-state index contributed by atoms with van der Waals surface area (Å²) in [5, 5.41) is 3.32. The van der Waals surface area contributed by atoms with E-state index in [2.05, 4.69) is 5.32 Å². The fourth-order valence-electron chi connectivity index (χ4n) is 3.31. The Morgan fingerprint density at radius 2 is 1.52 bits per heavy atom. The average Bonchev–Trinajstić information content (AvgIpc) is 2.69. The molecule has 0 unspecified atom stereocenters. The molecule has 0 aliphatic rings. The Kier molecular flexibility index (Phi) is 6.72. The Hall–Kier alpha value is -2.83. The number of amides is 1. The summed E-state index contributed by atoms with van der Waals surface area (Å²) in [6.45, 7) is 7.15. The fourth-order valence-corrected chi connectivity index (χ4v) is 5.02. The summed E-state index contributed by atoms with van der Waals surface area (Å²) in [6.07, 6.45) is 0. The van der Waals surface area contributed by atoms with E-state index in [1.165, 1.54) is 0 Å². The van der Waals surface area contributed by atoms with Gasteiger partial charge in [0.2, 0.25) is 5.91 Å². The molecule has 0 saturated heterocycles. The van der Waals surface area contributed by atoms with Crippen molar-refractivity contribution in [3.05, 3.63) is 87.9 Å². The van der Waals surface area contributed by atoms with Crippen LogP contribution in [0.4, 0.5) is 11.4 Å². The van der Waals surface area contributed by atoms with Crippen molar-refractivity contribution in [1.82, 2.24) is 0 Å². The van der Waals surface area contributed by atoms with Crippen LogP contribution in [0.2, 0.25) is 5.02 Å². The van der Waals surface area contributed by atoms with Gasteiger partial charge in [-0.2, -0.15) is 0 Å². The number of nitrogens with one attached hydrogen (secondary N) is 1. The zero-order valence-electron chi connectivity index (χ0n) is 17.9. The van der Waals surface area contributed by atoms with E-state index < -0.39 is 15.9 Å². The monoisotopic (exact) mass is 456 g/mol. The van der Waals surface area contributed by atoms with Crippen molar-refractivity contribution in [2.24, 2.45) is 0 Å². The minimum Gasteiger partial charge on any atom is -0.324 e. The highest BCUT2D eigenvalue weighted by Gasteiger charge is 2.28. The molecule has 0 aromatic heterocycles. The molecule has 3 aromatic carbocycles. The van der Waals surface area contributed by atoms with Gasteiger partial charge in [0.05, 0.1) is 10.6 Å². The predicted molar refractivity (Wildman–Crippen MR) is 126 cm³/mol. The van der Waals surface area contributed by atoms with Crippen LogP contribution in [0.25, 0.3) is 0 Å². The first-order valence-electron chi connectivity index (χ1n) is 9.80. The minimum atomic E-state index is -3.98. The normalized spacial score (nSPS) is 11.3. The quantitative estimate of drug-likeness (QED) is 0.539. The summed E-state index contributed by atoms with van der Waals surface area (Å²) in [5.41, 5.74) is 4.64. The minimum absolute atomic E-state index is 0.117. The van der Waals surface area contributed by atoms with Gasteiger partial charge < -0.3 is 5.32 Å². The molecule has 0 saturated carbocycles. The van der Waals surface area contributed by atoms with E-state index in [1.807, 2.05) is 39.0 Å². The van der Waals surface area contributed by atoms with E-state index in [0.717, 1.165) is 21.0 Å². The molecule has 1 N–H and O–H groups in total. The lowest BCUT2D eigenvalue weighted by molar-refractivity contribution is -0.114. The molecule has 0 heterocycles.